The third-order valence-electron chi connectivity index (χ3n) is 5.31. The van der Waals surface area contributed by atoms with Gasteiger partial charge in [0.1, 0.15) is 0 Å². The topological polar surface area (TPSA) is 69.7 Å². The van der Waals surface area contributed by atoms with Crippen LogP contribution in [0.1, 0.15) is 39.9 Å². The summed E-state index contributed by atoms with van der Waals surface area (Å²) >= 11 is 0. The van der Waals surface area contributed by atoms with Gasteiger partial charge < -0.3 is 5.32 Å². The first-order chi connectivity index (χ1) is 13.8. The number of amides is 1. The van der Waals surface area contributed by atoms with Gasteiger partial charge in [-0.05, 0) is 61.7 Å². The molecule has 29 heavy (non-hydrogen) atoms. The molecule has 0 aromatic heterocycles. The number of nitrogens with zero attached hydrogens (tertiary/aromatic N) is 2. The van der Waals surface area contributed by atoms with Gasteiger partial charge in [-0.2, -0.15) is 0 Å². The Morgan fingerprint density at radius 3 is 2.28 bits per heavy atom. The van der Waals surface area contributed by atoms with Crippen molar-refractivity contribution in [2.24, 2.45) is 0 Å². The lowest BCUT2D eigenvalue weighted by atomic mass is 10.1. The van der Waals surface area contributed by atoms with Crippen molar-refractivity contribution in [3.05, 3.63) is 64.7 Å². The lowest BCUT2D eigenvalue weighted by Crippen LogP contribution is -2.25. The number of hydrogen-bond donors (Lipinski definition) is 1. The van der Waals surface area contributed by atoms with Gasteiger partial charge in [0.15, 0.2) is 0 Å². The molecule has 0 atom stereocenters. The normalized spacial score (nSPS) is 15.0. The highest BCUT2D eigenvalue weighted by Gasteiger charge is 2.20. The van der Waals surface area contributed by atoms with E-state index in [1.54, 1.807) is 13.0 Å². The van der Waals surface area contributed by atoms with Gasteiger partial charge in [0.05, 0.1) is 4.90 Å². The highest BCUT2D eigenvalue weighted by molar-refractivity contribution is 7.89. The predicted molar refractivity (Wildman–Crippen MR) is 114 cm³/mol. The van der Waals surface area contributed by atoms with Crippen LogP contribution in [0, 0.1) is 6.92 Å². The number of nitrogens with one attached hydrogen (secondary N) is 1. The van der Waals surface area contributed by atoms with Crippen LogP contribution in [0.4, 0.5) is 0 Å². The Morgan fingerprint density at radius 2 is 1.66 bits per heavy atom. The SMILES string of the molecule is Cc1ccc(S(=O)(=O)N(C)C)cc1C(=O)NCc1ccc(CN2CCCC2)cc1. The van der Waals surface area contributed by atoms with E-state index < -0.39 is 10.0 Å². The van der Waals surface area contributed by atoms with Gasteiger partial charge in [0, 0.05) is 32.7 Å². The molecule has 1 N–H and O–H groups in total. The molecule has 2 aromatic carbocycles. The number of rotatable bonds is 7. The van der Waals surface area contributed by atoms with E-state index in [1.807, 2.05) is 12.1 Å². The average molecular weight is 416 g/mol. The predicted octanol–water partition coefficient (Wildman–Crippen LogP) is 2.77. The third kappa shape index (κ3) is 5.23. The van der Waals surface area contributed by atoms with Crippen LogP contribution in [0.5, 0.6) is 0 Å². The Balaban J connectivity index is 1.64. The summed E-state index contributed by atoms with van der Waals surface area (Å²) in [5.74, 6) is -0.278. The monoisotopic (exact) mass is 415 g/mol. The fourth-order valence-electron chi connectivity index (χ4n) is 3.46. The quantitative estimate of drug-likeness (QED) is 0.755. The molecule has 1 fully saturated rings. The summed E-state index contributed by atoms with van der Waals surface area (Å²) in [5, 5.41) is 2.90. The maximum Gasteiger partial charge on any atom is 0.251 e. The maximum absolute atomic E-state index is 12.7. The van der Waals surface area contributed by atoms with Crippen LogP contribution in [-0.4, -0.2) is 50.7 Å². The summed E-state index contributed by atoms with van der Waals surface area (Å²) in [5.41, 5.74) is 3.40. The Labute approximate surface area is 173 Å². The molecule has 0 aliphatic carbocycles. The molecule has 1 saturated heterocycles. The van der Waals surface area contributed by atoms with Crippen molar-refractivity contribution >= 4 is 15.9 Å². The highest BCUT2D eigenvalue weighted by Crippen LogP contribution is 2.18. The molecule has 0 spiro atoms. The molecule has 1 heterocycles. The second kappa shape index (κ2) is 9.07. The zero-order valence-corrected chi connectivity index (χ0v) is 18.1. The summed E-state index contributed by atoms with van der Waals surface area (Å²) in [7, 11) is -0.633. The molecule has 156 valence electrons. The number of sulfonamides is 1. The molecule has 3 rings (SSSR count). The Bertz CT molecular complexity index is 963. The molecule has 7 heteroatoms. The average Bonchev–Trinajstić information content (AvgIpc) is 3.20. The van der Waals surface area contributed by atoms with Crippen molar-refractivity contribution in [3.63, 3.8) is 0 Å². The van der Waals surface area contributed by atoms with Crippen LogP contribution in [0.2, 0.25) is 0 Å². The standard InChI is InChI=1S/C22H29N3O3S/c1-17-6-11-20(29(27,28)24(2)3)14-21(17)22(26)23-15-18-7-9-19(10-8-18)16-25-12-4-5-13-25/h6-11,14H,4-5,12-13,15-16H2,1-3H3,(H,23,26). The molecule has 2 aromatic rings. The van der Waals surface area contributed by atoms with E-state index in [2.05, 4.69) is 22.3 Å². The van der Waals surface area contributed by atoms with Crippen LogP contribution < -0.4 is 5.32 Å². The minimum absolute atomic E-state index is 0.115. The third-order valence-corrected chi connectivity index (χ3v) is 7.12. The lowest BCUT2D eigenvalue weighted by Gasteiger charge is -2.15. The molecule has 0 unspecified atom stereocenters. The number of carbonyl (C=O) groups excluding carboxylic acids is 1. The fourth-order valence-corrected chi connectivity index (χ4v) is 4.38. The number of carbonyl (C=O) groups is 1. The van der Waals surface area contributed by atoms with Gasteiger partial charge in [-0.15, -0.1) is 0 Å². The fraction of sp³-hybridized carbons (Fsp3) is 0.409. The molecule has 0 saturated carbocycles. The van der Waals surface area contributed by atoms with E-state index in [0.29, 0.717) is 12.1 Å². The van der Waals surface area contributed by atoms with Crippen LogP contribution in [0.25, 0.3) is 0 Å². The molecule has 1 amide bonds. The minimum atomic E-state index is -3.58. The van der Waals surface area contributed by atoms with Crippen LogP contribution in [-0.2, 0) is 23.1 Å². The van der Waals surface area contributed by atoms with E-state index in [9.17, 15) is 13.2 Å². The maximum atomic E-state index is 12.7. The molecule has 6 nitrogen and oxygen atoms in total. The highest BCUT2D eigenvalue weighted by atomic mass is 32.2. The van der Waals surface area contributed by atoms with Gasteiger partial charge in [-0.3, -0.25) is 9.69 Å². The van der Waals surface area contributed by atoms with Crippen LogP contribution in [0.3, 0.4) is 0 Å². The van der Waals surface area contributed by atoms with Crippen molar-refractivity contribution in [1.29, 1.82) is 0 Å². The molecule has 1 aliphatic rings. The molecule has 0 bridgehead atoms. The van der Waals surface area contributed by atoms with Gasteiger partial charge in [-0.25, -0.2) is 12.7 Å². The number of benzene rings is 2. The second-order valence-electron chi connectivity index (χ2n) is 7.75. The Kier molecular flexibility index (Phi) is 6.72. The molecule has 0 radical (unpaired) electrons. The van der Waals surface area contributed by atoms with E-state index in [0.717, 1.165) is 22.0 Å². The number of hydrogen-bond acceptors (Lipinski definition) is 4. The zero-order chi connectivity index (χ0) is 21.0. The van der Waals surface area contributed by atoms with E-state index in [4.69, 9.17) is 0 Å². The Morgan fingerprint density at radius 1 is 1.03 bits per heavy atom. The van der Waals surface area contributed by atoms with Crippen molar-refractivity contribution in [2.75, 3.05) is 27.2 Å². The van der Waals surface area contributed by atoms with Gasteiger partial charge in [0.2, 0.25) is 10.0 Å². The summed E-state index contributed by atoms with van der Waals surface area (Å²) < 4.78 is 25.8. The minimum Gasteiger partial charge on any atom is -0.348 e. The summed E-state index contributed by atoms with van der Waals surface area (Å²) in [6.07, 6.45) is 2.56. The van der Waals surface area contributed by atoms with Crippen LogP contribution >= 0.6 is 0 Å². The van der Waals surface area contributed by atoms with E-state index in [1.165, 1.54) is 57.7 Å². The van der Waals surface area contributed by atoms with Gasteiger partial charge in [0.25, 0.3) is 5.91 Å². The molecular weight excluding hydrogens is 386 g/mol. The summed E-state index contributed by atoms with van der Waals surface area (Å²) in [6, 6.07) is 12.9. The van der Waals surface area contributed by atoms with Crippen molar-refractivity contribution in [1.82, 2.24) is 14.5 Å². The summed E-state index contributed by atoms with van der Waals surface area (Å²) in [4.78, 5) is 15.2. The first kappa shape index (κ1) is 21.5. The molecule has 1 aliphatic heterocycles. The van der Waals surface area contributed by atoms with Gasteiger partial charge in [-0.1, -0.05) is 30.3 Å². The molecular formula is C22H29N3O3S. The second-order valence-corrected chi connectivity index (χ2v) is 9.90. The Hall–Kier alpha value is -2.22. The first-order valence-electron chi connectivity index (χ1n) is 9.89. The van der Waals surface area contributed by atoms with E-state index >= 15 is 0 Å². The first-order valence-corrected chi connectivity index (χ1v) is 11.3. The van der Waals surface area contributed by atoms with Crippen molar-refractivity contribution in [3.8, 4) is 0 Å². The number of aryl methyl sites for hydroxylation is 1. The van der Waals surface area contributed by atoms with Crippen molar-refractivity contribution in [2.45, 2.75) is 37.8 Å². The van der Waals surface area contributed by atoms with Crippen LogP contribution in [0.15, 0.2) is 47.4 Å². The van der Waals surface area contributed by atoms with Gasteiger partial charge >= 0.3 is 0 Å². The van der Waals surface area contributed by atoms with E-state index in [-0.39, 0.29) is 10.8 Å². The zero-order valence-electron chi connectivity index (χ0n) is 17.3. The lowest BCUT2D eigenvalue weighted by molar-refractivity contribution is 0.0950. The largest absolute Gasteiger partial charge is 0.348 e. The summed E-state index contributed by atoms with van der Waals surface area (Å²) in [6.45, 7) is 5.50. The van der Waals surface area contributed by atoms with Crippen molar-refractivity contribution < 1.29 is 13.2 Å². The smallest absolute Gasteiger partial charge is 0.251 e. The number of likely N-dealkylation sites (tertiary alicyclic amines) is 1.